The first-order valence-electron chi connectivity index (χ1n) is 8.34. The Labute approximate surface area is 151 Å². The molecule has 2 aromatic heterocycles. The maximum atomic E-state index is 12.6. The van der Waals surface area contributed by atoms with Crippen LogP contribution in [0.25, 0.3) is 11.5 Å². The molecule has 1 N–H and O–H groups in total. The number of hydrogen-bond donors (Lipinski definition) is 1. The van der Waals surface area contributed by atoms with Crippen LogP contribution in [0.1, 0.15) is 24.8 Å². The van der Waals surface area contributed by atoms with Gasteiger partial charge in [-0.15, -0.1) is 0 Å². The molecular formula is C17H20N4O4S. The minimum absolute atomic E-state index is 0.0341. The molecule has 9 heteroatoms. The van der Waals surface area contributed by atoms with Crippen molar-refractivity contribution in [2.45, 2.75) is 25.7 Å². The smallest absolute Gasteiger partial charge is 0.228 e. The van der Waals surface area contributed by atoms with Gasteiger partial charge < -0.3 is 5.11 Å². The number of sulfone groups is 1. The summed E-state index contributed by atoms with van der Waals surface area (Å²) in [5, 5.41) is 10.3. The van der Waals surface area contributed by atoms with Crippen molar-refractivity contribution in [2.75, 3.05) is 23.5 Å². The molecule has 0 spiro atoms. The van der Waals surface area contributed by atoms with E-state index in [0.29, 0.717) is 36.5 Å². The Bertz CT molecular complexity index is 916. The number of rotatable bonds is 5. The first-order chi connectivity index (χ1) is 12.3. The summed E-state index contributed by atoms with van der Waals surface area (Å²) in [5.74, 6) is 0.239. The predicted octanol–water partition coefficient (Wildman–Crippen LogP) is 1.35. The van der Waals surface area contributed by atoms with E-state index in [-0.39, 0.29) is 36.2 Å². The van der Waals surface area contributed by atoms with Gasteiger partial charge in [-0.3, -0.25) is 14.7 Å². The Kier molecular flexibility index (Phi) is 5.17. The Balaban J connectivity index is 1.88. The van der Waals surface area contributed by atoms with Gasteiger partial charge in [-0.1, -0.05) is 6.07 Å². The summed E-state index contributed by atoms with van der Waals surface area (Å²) in [6.45, 7) is 0.475. The average molecular weight is 376 g/mol. The second kappa shape index (κ2) is 7.36. The van der Waals surface area contributed by atoms with Crippen molar-refractivity contribution in [3.63, 3.8) is 0 Å². The first kappa shape index (κ1) is 18.2. The summed E-state index contributed by atoms with van der Waals surface area (Å²) >= 11 is 0. The number of nitrogens with zero attached hydrogens (tertiary/aromatic N) is 4. The molecule has 1 aliphatic heterocycles. The maximum Gasteiger partial charge on any atom is 0.228 e. The lowest BCUT2D eigenvalue weighted by molar-refractivity contribution is -0.118. The Morgan fingerprint density at radius 3 is 2.81 bits per heavy atom. The largest absolute Gasteiger partial charge is 0.493 e. The molecule has 0 aliphatic carbocycles. The number of amides is 1. The lowest BCUT2D eigenvalue weighted by atomic mass is 10.1. The number of carbonyl (C=O) groups excluding carboxylic acids is 1. The molecule has 2 aromatic rings. The predicted molar refractivity (Wildman–Crippen MR) is 96.5 cm³/mol. The van der Waals surface area contributed by atoms with Gasteiger partial charge in [0.05, 0.1) is 11.3 Å². The normalized spacial score (nSPS) is 14.1. The Morgan fingerprint density at radius 1 is 1.31 bits per heavy atom. The van der Waals surface area contributed by atoms with E-state index in [1.54, 1.807) is 24.4 Å². The molecule has 0 radical (unpaired) electrons. The quantitative estimate of drug-likeness (QED) is 0.838. The molecule has 0 unspecified atom stereocenters. The van der Waals surface area contributed by atoms with E-state index in [9.17, 15) is 18.3 Å². The molecule has 1 aliphatic rings. The summed E-state index contributed by atoms with van der Waals surface area (Å²) < 4.78 is 22.5. The van der Waals surface area contributed by atoms with E-state index in [1.807, 2.05) is 0 Å². The third-order valence-electron chi connectivity index (χ3n) is 4.13. The third-order valence-corrected chi connectivity index (χ3v) is 5.16. The molecule has 26 heavy (non-hydrogen) atoms. The fourth-order valence-electron chi connectivity index (χ4n) is 2.90. The molecule has 0 saturated carbocycles. The van der Waals surface area contributed by atoms with Crippen molar-refractivity contribution in [3.05, 3.63) is 30.0 Å². The number of anilines is 1. The van der Waals surface area contributed by atoms with E-state index in [4.69, 9.17) is 0 Å². The van der Waals surface area contributed by atoms with Crippen LogP contribution in [0.2, 0.25) is 0 Å². The minimum Gasteiger partial charge on any atom is -0.493 e. The fourth-order valence-corrected chi connectivity index (χ4v) is 3.57. The van der Waals surface area contributed by atoms with Crippen molar-refractivity contribution >= 4 is 21.6 Å². The van der Waals surface area contributed by atoms with E-state index >= 15 is 0 Å². The van der Waals surface area contributed by atoms with Crippen LogP contribution >= 0.6 is 0 Å². The molecule has 0 atom stereocenters. The van der Waals surface area contributed by atoms with Crippen molar-refractivity contribution in [2.24, 2.45) is 0 Å². The van der Waals surface area contributed by atoms with Gasteiger partial charge in [-0.2, -0.15) is 4.98 Å². The lowest BCUT2D eigenvalue weighted by Gasteiger charge is -2.28. The summed E-state index contributed by atoms with van der Waals surface area (Å²) in [7, 11) is -3.11. The lowest BCUT2D eigenvalue weighted by Crippen LogP contribution is -2.36. The van der Waals surface area contributed by atoms with Crippen LogP contribution in [-0.2, 0) is 21.1 Å². The molecule has 1 amide bonds. The Morgan fingerprint density at radius 2 is 2.12 bits per heavy atom. The second-order valence-electron chi connectivity index (χ2n) is 6.27. The number of fused-ring (bicyclic) bond motifs is 1. The van der Waals surface area contributed by atoms with Crippen molar-refractivity contribution < 1.29 is 18.3 Å². The molecule has 3 heterocycles. The van der Waals surface area contributed by atoms with Gasteiger partial charge in [-0.25, -0.2) is 13.4 Å². The molecule has 0 aromatic carbocycles. The number of pyridine rings is 1. The van der Waals surface area contributed by atoms with E-state index in [0.717, 1.165) is 6.26 Å². The number of carbonyl (C=O) groups is 1. The van der Waals surface area contributed by atoms with Crippen LogP contribution in [-0.4, -0.2) is 52.9 Å². The van der Waals surface area contributed by atoms with Crippen molar-refractivity contribution in [3.8, 4) is 17.4 Å². The van der Waals surface area contributed by atoms with E-state index in [2.05, 4.69) is 15.0 Å². The zero-order valence-electron chi connectivity index (χ0n) is 14.4. The van der Waals surface area contributed by atoms with Crippen molar-refractivity contribution in [1.29, 1.82) is 0 Å². The summed E-state index contributed by atoms with van der Waals surface area (Å²) in [4.78, 5) is 26.8. The zero-order valence-corrected chi connectivity index (χ0v) is 15.2. The highest BCUT2D eigenvalue weighted by Gasteiger charge is 2.28. The highest BCUT2D eigenvalue weighted by Crippen LogP contribution is 2.33. The molecule has 3 rings (SSSR count). The summed E-state index contributed by atoms with van der Waals surface area (Å²) in [5.41, 5.74) is 1.04. The standard InChI is InChI=1S/C17H20N4O4S/c1-26(24,25)11-5-8-14(22)21-10-4-6-12-16(21)19-15(20-17(12)23)13-7-2-3-9-18-13/h2-3,7,9H,4-6,8,10-11H2,1H3,(H,19,20,23). The van der Waals surface area contributed by atoms with Crippen LogP contribution in [0, 0.1) is 0 Å². The average Bonchev–Trinajstić information content (AvgIpc) is 2.61. The van der Waals surface area contributed by atoms with Gasteiger partial charge in [0, 0.05) is 25.4 Å². The summed E-state index contributed by atoms with van der Waals surface area (Å²) in [6, 6.07) is 5.28. The van der Waals surface area contributed by atoms with Gasteiger partial charge in [-0.05, 0) is 31.4 Å². The van der Waals surface area contributed by atoms with Crippen LogP contribution < -0.4 is 4.90 Å². The molecular weight excluding hydrogens is 356 g/mol. The molecule has 8 nitrogen and oxygen atoms in total. The van der Waals surface area contributed by atoms with E-state index in [1.165, 1.54) is 4.90 Å². The van der Waals surface area contributed by atoms with Crippen LogP contribution in [0.15, 0.2) is 24.4 Å². The van der Waals surface area contributed by atoms with Gasteiger partial charge in [0.2, 0.25) is 11.8 Å². The zero-order chi connectivity index (χ0) is 18.7. The van der Waals surface area contributed by atoms with Crippen LogP contribution in [0.4, 0.5) is 5.82 Å². The van der Waals surface area contributed by atoms with Gasteiger partial charge in [0.1, 0.15) is 21.3 Å². The molecule has 0 bridgehead atoms. The van der Waals surface area contributed by atoms with E-state index < -0.39 is 9.84 Å². The van der Waals surface area contributed by atoms with Gasteiger partial charge in [0.15, 0.2) is 5.82 Å². The SMILES string of the molecule is CS(=O)(=O)CCCC(=O)N1CCCc2c(O)nc(-c3ccccn3)nc21. The topological polar surface area (TPSA) is 113 Å². The second-order valence-corrected chi connectivity index (χ2v) is 8.53. The van der Waals surface area contributed by atoms with Crippen LogP contribution in [0.5, 0.6) is 5.88 Å². The highest BCUT2D eigenvalue weighted by atomic mass is 32.2. The fraction of sp³-hybridized carbons (Fsp3) is 0.412. The summed E-state index contributed by atoms with van der Waals surface area (Å²) in [6.07, 6.45) is 4.38. The monoisotopic (exact) mass is 376 g/mol. The molecule has 138 valence electrons. The maximum absolute atomic E-state index is 12.6. The van der Waals surface area contributed by atoms with Gasteiger partial charge in [0.25, 0.3) is 0 Å². The molecule has 0 fully saturated rings. The molecule has 0 saturated heterocycles. The number of aromatic nitrogens is 3. The first-order valence-corrected chi connectivity index (χ1v) is 10.4. The Hall–Kier alpha value is -2.55. The third kappa shape index (κ3) is 4.16. The number of aromatic hydroxyl groups is 1. The minimum atomic E-state index is -3.11. The number of hydrogen-bond acceptors (Lipinski definition) is 7. The van der Waals surface area contributed by atoms with Crippen molar-refractivity contribution in [1.82, 2.24) is 15.0 Å². The highest BCUT2D eigenvalue weighted by molar-refractivity contribution is 7.90. The van der Waals surface area contributed by atoms with Gasteiger partial charge >= 0.3 is 0 Å². The van der Waals surface area contributed by atoms with Crippen LogP contribution in [0.3, 0.4) is 0 Å².